The van der Waals surface area contributed by atoms with Crippen molar-refractivity contribution in [3.8, 4) is 0 Å². The summed E-state index contributed by atoms with van der Waals surface area (Å²) in [7, 11) is 1.37. The number of carbonyl (C=O) groups excluding carboxylic acids is 1. The van der Waals surface area contributed by atoms with Crippen LogP contribution in [0.2, 0.25) is 0 Å². The maximum absolute atomic E-state index is 14.0. The van der Waals surface area contributed by atoms with Crippen LogP contribution in [-0.4, -0.2) is 13.1 Å². The molecule has 39 heavy (non-hydrogen) atoms. The standard InChI is InChI=1S/C33H30F2N2O2/c1-21-4-8-23(9-5-21)30-20-29(36-27-16-12-25(34)13-17-27)31(33(38)39-3)32(24-10-6-22(2)7-11-24)37(30)28-18-14-26(35)15-19-28/h4-19,30,32,36H,20H2,1-3H3/t30-,32+/m0/s1. The minimum Gasteiger partial charge on any atom is -0.466 e. The van der Waals surface area contributed by atoms with Gasteiger partial charge in [0.25, 0.3) is 0 Å². The molecule has 6 heteroatoms. The van der Waals surface area contributed by atoms with Crippen molar-refractivity contribution in [2.45, 2.75) is 32.4 Å². The van der Waals surface area contributed by atoms with Gasteiger partial charge in [0.15, 0.2) is 0 Å². The third-order valence-electron chi connectivity index (χ3n) is 7.13. The molecule has 0 saturated heterocycles. The summed E-state index contributed by atoms with van der Waals surface area (Å²) in [4.78, 5) is 15.7. The Morgan fingerprint density at radius 2 is 1.28 bits per heavy atom. The Morgan fingerprint density at radius 1 is 0.769 bits per heavy atom. The molecule has 1 aliphatic rings. The van der Waals surface area contributed by atoms with E-state index in [9.17, 15) is 13.6 Å². The number of hydrogen-bond donors (Lipinski definition) is 1. The molecule has 4 aromatic rings. The molecule has 0 aliphatic carbocycles. The number of carbonyl (C=O) groups is 1. The molecule has 0 amide bonds. The molecular formula is C33H30F2N2O2. The Kier molecular flexibility index (Phi) is 7.46. The molecule has 0 aromatic heterocycles. The van der Waals surface area contributed by atoms with Crippen LogP contribution < -0.4 is 10.2 Å². The number of halogens is 2. The molecule has 0 spiro atoms. The number of rotatable bonds is 6. The van der Waals surface area contributed by atoms with Crippen molar-refractivity contribution in [2.24, 2.45) is 0 Å². The molecule has 198 valence electrons. The molecule has 0 bridgehead atoms. The van der Waals surface area contributed by atoms with Crippen LogP contribution in [0.25, 0.3) is 0 Å². The van der Waals surface area contributed by atoms with Gasteiger partial charge in [-0.15, -0.1) is 0 Å². The number of aryl methyl sites for hydroxylation is 2. The number of anilines is 2. The number of ether oxygens (including phenoxy) is 1. The fraction of sp³-hybridized carbons (Fsp3) is 0.182. The normalized spacial score (nSPS) is 17.2. The second kappa shape index (κ2) is 11.1. The monoisotopic (exact) mass is 524 g/mol. The molecule has 2 atom stereocenters. The lowest BCUT2D eigenvalue weighted by molar-refractivity contribution is -0.136. The van der Waals surface area contributed by atoms with E-state index in [0.717, 1.165) is 27.9 Å². The van der Waals surface area contributed by atoms with E-state index in [2.05, 4.69) is 34.5 Å². The van der Waals surface area contributed by atoms with Gasteiger partial charge in [-0.25, -0.2) is 13.6 Å². The van der Waals surface area contributed by atoms with Crippen molar-refractivity contribution >= 4 is 17.3 Å². The molecule has 0 fully saturated rings. The Morgan fingerprint density at radius 3 is 1.82 bits per heavy atom. The topological polar surface area (TPSA) is 41.6 Å². The van der Waals surface area contributed by atoms with Crippen LogP contribution in [0.1, 0.15) is 40.8 Å². The SMILES string of the molecule is COC(=O)C1=C(Nc2ccc(F)cc2)C[C@@H](c2ccc(C)cc2)N(c2ccc(F)cc2)[C@@H]1c1ccc(C)cc1. The Labute approximate surface area is 227 Å². The quantitative estimate of drug-likeness (QED) is 0.261. The average molecular weight is 525 g/mol. The van der Waals surface area contributed by atoms with Crippen molar-refractivity contribution in [3.63, 3.8) is 0 Å². The smallest absolute Gasteiger partial charge is 0.337 e. The van der Waals surface area contributed by atoms with Crippen LogP contribution in [0.15, 0.2) is 108 Å². The van der Waals surface area contributed by atoms with E-state index < -0.39 is 12.0 Å². The molecule has 0 saturated carbocycles. The lowest BCUT2D eigenvalue weighted by Crippen LogP contribution is -2.41. The van der Waals surface area contributed by atoms with E-state index in [0.29, 0.717) is 23.4 Å². The summed E-state index contributed by atoms with van der Waals surface area (Å²) in [6.07, 6.45) is 0.435. The van der Waals surface area contributed by atoms with Crippen LogP contribution in [0.3, 0.4) is 0 Å². The number of nitrogens with zero attached hydrogens (tertiary/aromatic N) is 1. The van der Waals surface area contributed by atoms with E-state index in [4.69, 9.17) is 4.74 Å². The van der Waals surface area contributed by atoms with Gasteiger partial charge in [-0.2, -0.15) is 0 Å². The third kappa shape index (κ3) is 5.55. The van der Waals surface area contributed by atoms with Gasteiger partial charge in [0.05, 0.1) is 24.8 Å². The highest BCUT2D eigenvalue weighted by molar-refractivity contribution is 5.93. The van der Waals surface area contributed by atoms with E-state index in [1.54, 1.807) is 24.3 Å². The molecule has 1 N–H and O–H groups in total. The minimum absolute atomic E-state index is 0.210. The van der Waals surface area contributed by atoms with Gasteiger partial charge in [-0.1, -0.05) is 59.7 Å². The number of nitrogens with one attached hydrogen (secondary N) is 1. The van der Waals surface area contributed by atoms with Gasteiger partial charge < -0.3 is 15.0 Å². The fourth-order valence-corrected chi connectivity index (χ4v) is 5.14. The number of methoxy groups -OCH3 is 1. The first-order valence-corrected chi connectivity index (χ1v) is 12.8. The lowest BCUT2D eigenvalue weighted by Gasteiger charge is -2.46. The molecular weight excluding hydrogens is 494 g/mol. The van der Waals surface area contributed by atoms with Crippen LogP contribution in [-0.2, 0) is 9.53 Å². The highest BCUT2D eigenvalue weighted by Gasteiger charge is 2.41. The second-order valence-electron chi connectivity index (χ2n) is 9.84. The van der Waals surface area contributed by atoms with Crippen LogP contribution >= 0.6 is 0 Å². The van der Waals surface area contributed by atoms with Crippen molar-refractivity contribution in [1.29, 1.82) is 0 Å². The third-order valence-corrected chi connectivity index (χ3v) is 7.13. The summed E-state index contributed by atoms with van der Waals surface area (Å²) in [5, 5.41) is 3.40. The molecule has 4 aromatic carbocycles. The second-order valence-corrected chi connectivity index (χ2v) is 9.84. The maximum atomic E-state index is 14.0. The average Bonchev–Trinajstić information content (AvgIpc) is 2.95. The minimum atomic E-state index is -0.550. The van der Waals surface area contributed by atoms with E-state index in [1.807, 2.05) is 38.1 Å². The van der Waals surface area contributed by atoms with E-state index in [1.165, 1.54) is 31.4 Å². The van der Waals surface area contributed by atoms with Gasteiger partial charge in [-0.3, -0.25) is 0 Å². The van der Waals surface area contributed by atoms with Gasteiger partial charge in [-0.05, 0) is 73.5 Å². The summed E-state index contributed by atoms with van der Waals surface area (Å²) in [6.45, 7) is 4.05. The highest BCUT2D eigenvalue weighted by atomic mass is 19.1. The number of hydrogen-bond acceptors (Lipinski definition) is 4. The molecule has 5 rings (SSSR count). The summed E-state index contributed by atoms with van der Waals surface area (Å²) >= 11 is 0. The Balaban J connectivity index is 1.77. The van der Waals surface area contributed by atoms with Crippen molar-refractivity contribution in [3.05, 3.63) is 142 Å². The zero-order chi connectivity index (χ0) is 27.5. The maximum Gasteiger partial charge on any atom is 0.337 e. The Bertz CT molecular complexity index is 1480. The van der Waals surface area contributed by atoms with E-state index >= 15 is 0 Å². The van der Waals surface area contributed by atoms with E-state index in [-0.39, 0.29) is 17.7 Å². The zero-order valence-corrected chi connectivity index (χ0v) is 22.1. The van der Waals surface area contributed by atoms with Crippen LogP contribution in [0.5, 0.6) is 0 Å². The number of benzene rings is 4. The van der Waals surface area contributed by atoms with Gasteiger partial charge in [0.2, 0.25) is 0 Å². The first-order chi connectivity index (χ1) is 18.8. The van der Waals surface area contributed by atoms with Crippen LogP contribution in [0, 0.1) is 25.5 Å². The Hall–Kier alpha value is -4.45. The fourth-order valence-electron chi connectivity index (χ4n) is 5.14. The predicted octanol–water partition coefficient (Wildman–Crippen LogP) is 7.81. The predicted molar refractivity (Wildman–Crippen MR) is 150 cm³/mol. The summed E-state index contributed by atoms with van der Waals surface area (Å²) in [5.74, 6) is -1.15. The highest BCUT2D eigenvalue weighted by Crippen LogP contribution is 2.48. The first-order valence-electron chi connectivity index (χ1n) is 12.8. The van der Waals surface area contributed by atoms with Crippen molar-refractivity contribution in [2.75, 3.05) is 17.3 Å². The summed E-state index contributed by atoms with van der Waals surface area (Å²) in [6, 6.07) is 28.0. The molecule has 0 radical (unpaired) electrons. The van der Waals surface area contributed by atoms with Crippen molar-refractivity contribution < 1.29 is 18.3 Å². The van der Waals surface area contributed by atoms with Gasteiger partial charge >= 0.3 is 5.97 Å². The van der Waals surface area contributed by atoms with Gasteiger partial charge in [0.1, 0.15) is 11.6 Å². The lowest BCUT2D eigenvalue weighted by atomic mass is 9.83. The first kappa shape index (κ1) is 26.2. The summed E-state index contributed by atoms with van der Waals surface area (Å²) < 4.78 is 33.0. The molecule has 1 aliphatic heterocycles. The molecule has 1 heterocycles. The number of esters is 1. The largest absolute Gasteiger partial charge is 0.466 e. The summed E-state index contributed by atoms with van der Waals surface area (Å²) in [5.41, 5.74) is 6.72. The molecule has 4 nitrogen and oxygen atoms in total. The van der Waals surface area contributed by atoms with Crippen molar-refractivity contribution in [1.82, 2.24) is 0 Å². The molecule has 0 unspecified atom stereocenters. The zero-order valence-electron chi connectivity index (χ0n) is 22.1. The van der Waals surface area contributed by atoms with Gasteiger partial charge in [0, 0.05) is 23.5 Å². The van der Waals surface area contributed by atoms with Crippen LogP contribution in [0.4, 0.5) is 20.2 Å².